The van der Waals surface area contributed by atoms with Crippen molar-refractivity contribution in [2.45, 2.75) is 30.7 Å². The largest absolute Gasteiger partial charge is 0.508 e. The SMILES string of the molecule is C=CCOC(=O)OC[C@H]1OC(O)[C@@H](O)[C@@H](O)[C@@H]1O. The summed E-state index contributed by atoms with van der Waals surface area (Å²) in [6, 6.07) is 0. The Morgan fingerprint density at radius 1 is 1.17 bits per heavy atom. The summed E-state index contributed by atoms with van der Waals surface area (Å²) in [6.45, 7) is 2.87. The van der Waals surface area contributed by atoms with E-state index in [1.54, 1.807) is 0 Å². The molecule has 104 valence electrons. The van der Waals surface area contributed by atoms with Crippen molar-refractivity contribution in [1.82, 2.24) is 0 Å². The van der Waals surface area contributed by atoms with Gasteiger partial charge in [0.25, 0.3) is 0 Å². The second kappa shape index (κ2) is 6.66. The highest BCUT2D eigenvalue weighted by Crippen LogP contribution is 2.20. The van der Waals surface area contributed by atoms with E-state index in [0.717, 1.165) is 0 Å². The molecule has 0 bridgehead atoms. The summed E-state index contributed by atoms with van der Waals surface area (Å²) in [5.41, 5.74) is 0. The molecule has 8 heteroatoms. The number of aliphatic hydroxyl groups excluding tert-OH is 4. The molecule has 0 aliphatic carbocycles. The van der Waals surface area contributed by atoms with E-state index < -0.39 is 43.5 Å². The van der Waals surface area contributed by atoms with E-state index in [-0.39, 0.29) is 6.61 Å². The fourth-order valence-electron chi connectivity index (χ4n) is 1.39. The normalized spacial score (nSPS) is 35.9. The van der Waals surface area contributed by atoms with Crippen molar-refractivity contribution in [3.63, 3.8) is 0 Å². The summed E-state index contributed by atoms with van der Waals surface area (Å²) in [5, 5.41) is 37.3. The van der Waals surface area contributed by atoms with Crippen LogP contribution in [0.4, 0.5) is 4.79 Å². The number of rotatable bonds is 4. The third-order valence-corrected chi connectivity index (χ3v) is 2.37. The first-order chi connectivity index (χ1) is 8.47. The average Bonchev–Trinajstić information content (AvgIpc) is 2.36. The molecule has 1 aliphatic rings. The predicted molar refractivity (Wildman–Crippen MR) is 56.4 cm³/mol. The van der Waals surface area contributed by atoms with E-state index in [2.05, 4.69) is 16.1 Å². The lowest BCUT2D eigenvalue weighted by atomic mass is 9.99. The Balaban J connectivity index is 2.42. The molecule has 0 radical (unpaired) electrons. The van der Waals surface area contributed by atoms with Gasteiger partial charge in [0.1, 0.15) is 37.6 Å². The van der Waals surface area contributed by atoms with Gasteiger partial charge in [-0.15, -0.1) is 0 Å². The van der Waals surface area contributed by atoms with Crippen LogP contribution in [-0.4, -0.2) is 70.5 Å². The first-order valence-corrected chi connectivity index (χ1v) is 5.25. The lowest BCUT2D eigenvalue weighted by Crippen LogP contribution is -2.58. The molecule has 1 saturated heterocycles. The van der Waals surface area contributed by atoms with Gasteiger partial charge in [-0.2, -0.15) is 0 Å². The predicted octanol–water partition coefficient (Wildman–Crippen LogP) is -1.87. The number of ether oxygens (including phenoxy) is 3. The minimum Gasteiger partial charge on any atom is -0.431 e. The fourth-order valence-corrected chi connectivity index (χ4v) is 1.39. The summed E-state index contributed by atoms with van der Waals surface area (Å²) < 4.78 is 13.9. The van der Waals surface area contributed by atoms with Gasteiger partial charge < -0.3 is 34.6 Å². The van der Waals surface area contributed by atoms with Gasteiger partial charge >= 0.3 is 6.16 Å². The zero-order valence-electron chi connectivity index (χ0n) is 9.51. The van der Waals surface area contributed by atoms with E-state index in [9.17, 15) is 25.2 Å². The standard InChI is InChI=1S/C10H16O8/c1-2-3-16-10(15)17-4-5-6(11)7(12)8(13)9(14)18-5/h2,5-9,11-14H,1,3-4H2/t5-,6-,7+,8+,9?/m1/s1. The molecule has 1 heterocycles. The van der Waals surface area contributed by atoms with Crippen molar-refractivity contribution in [1.29, 1.82) is 0 Å². The molecule has 0 spiro atoms. The molecule has 0 amide bonds. The molecule has 18 heavy (non-hydrogen) atoms. The monoisotopic (exact) mass is 264 g/mol. The lowest BCUT2D eigenvalue weighted by molar-refractivity contribution is -0.286. The van der Waals surface area contributed by atoms with Crippen molar-refractivity contribution < 1.29 is 39.4 Å². The molecular weight excluding hydrogens is 248 g/mol. The smallest absolute Gasteiger partial charge is 0.431 e. The van der Waals surface area contributed by atoms with Gasteiger partial charge in [-0.1, -0.05) is 12.7 Å². The number of carbonyl (C=O) groups is 1. The van der Waals surface area contributed by atoms with E-state index in [4.69, 9.17) is 4.74 Å². The van der Waals surface area contributed by atoms with Crippen LogP contribution < -0.4 is 0 Å². The maximum atomic E-state index is 11.0. The van der Waals surface area contributed by atoms with Crippen LogP contribution in [0.5, 0.6) is 0 Å². The highest BCUT2D eigenvalue weighted by Gasteiger charge is 2.43. The lowest BCUT2D eigenvalue weighted by Gasteiger charge is -2.37. The van der Waals surface area contributed by atoms with Gasteiger partial charge in [0.15, 0.2) is 6.29 Å². The summed E-state index contributed by atoms with van der Waals surface area (Å²) in [7, 11) is 0. The summed E-state index contributed by atoms with van der Waals surface area (Å²) >= 11 is 0. The number of hydrogen-bond donors (Lipinski definition) is 4. The van der Waals surface area contributed by atoms with Gasteiger partial charge in [0.05, 0.1) is 0 Å². The fraction of sp³-hybridized carbons (Fsp3) is 0.700. The highest BCUT2D eigenvalue weighted by atomic mass is 16.7. The maximum absolute atomic E-state index is 11.0. The molecule has 5 atom stereocenters. The zero-order valence-corrected chi connectivity index (χ0v) is 9.51. The van der Waals surface area contributed by atoms with Crippen LogP contribution in [-0.2, 0) is 14.2 Å². The van der Waals surface area contributed by atoms with E-state index >= 15 is 0 Å². The summed E-state index contributed by atoms with van der Waals surface area (Å²) in [5.74, 6) is 0. The van der Waals surface area contributed by atoms with Crippen LogP contribution in [0.15, 0.2) is 12.7 Å². The van der Waals surface area contributed by atoms with Gasteiger partial charge in [-0.25, -0.2) is 4.79 Å². The Hall–Kier alpha value is -1.19. The second-order valence-corrected chi connectivity index (χ2v) is 3.70. The Kier molecular flexibility index (Phi) is 5.51. The summed E-state index contributed by atoms with van der Waals surface area (Å²) in [4.78, 5) is 11.0. The van der Waals surface area contributed by atoms with Gasteiger partial charge in [-0.05, 0) is 0 Å². The molecule has 0 aromatic heterocycles. The second-order valence-electron chi connectivity index (χ2n) is 3.70. The molecule has 4 N–H and O–H groups in total. The van der Waals surface area contributed by atoms with E-state index in [1.165, 1.54) is 6.08 Å². The molecule has 0 aromatic rings. The summed E-state index contributed by atoms with van der Waals surface area (Å²) in [6.07, 6.45) is -7.18. The molecular formula is C10H16O8. The first kappa shape index (κ1) is 14.9. The van der Waals surface area contributed by atoms with Crippen molar-refractivity contribution in [2.24, 2.45) is 0 Å². The van der Waals surface area contributed by atoms with Crippen LogP contribution in [0.2, 0.25) is 0 Å². The first-order valence-electron chi connectivity index (χ1n) is 5.25. The Morgan fingerprint density at radius 3 is 2.44 bits per heavy atom. The Morgan fingerprint density at radius 2 is 1.83 bits per heavy atom. The molecule has 1 rings (SSSR count). The molecule has 0 aromatic carbocycles. The number of carbonyl (C=O) groups excluding carboxylic acids is 1. The van der Waals surface area contributed by atoms with Crippen molar-refractivity contribution in [3.05, 3.63) is 12.7 Å². The van der Waals surface area contributed by atoms with Crippen molar-refractivity contribution in [3.8, 4) is 0 Å². The third-order valence-electron chi connectivity index (χ3n) is 2.37. The number of aliphatic hydroxyl groups is 4. The molecule has 1 unspecified atom stereocenters. The van der Waals surface area contributed by atoms with Crippen LogP contribution in [0.25, 0.3) is 0 Å². The molecule has 1 fully saturated rings. The minimum absolute atomic E-state index is 0.0309. The van der Waals surface area contributed by atoms with E-state index in [0.29, 0.717) is 0 Å². The number of hydrogen-bond acceptors (Lipinski definition) is 8. The van der Waals surface area contributed by atoms with Crippen molar-refractivity contribution in [2.75, 3.05) is 13.2 Å². The van der Waals surface area contributed by atoms with Crippen LogP contribution in [0, 0.1) is 0 Å². The van der Waals surface area contributed by atoms with Gasteiger partial charge in [-0.3, -0.25) is 0 Å². The molecule has 8 nitrogen and oxygen atoms in total. The van der Waals surface area contributed by atoms with Crippen LogP contribution in [0.3, 0.4) is 0 Å². The van der Waals surface area contributed by atoms with E-state index in [1.807, 2.05) is 0 Å². The molecule has 0 saturated carbocycles. The Labute approximate surface area is 103 Å². The Bertz CT molecular complexity index is 294. The zero-order chi connectivity index (χ0) is 13.7. The van der Waals surface area contributed by atoms with Gasteiger partial charge in [0, 0.05) is 0 Å². The topological polar surface area (TPSA) is 126 Å². The van der Waals surface area contributed by atoms with Crippen molar-refractivity contribution >= 4 is 6.16 Å². The van der Waals surface area contributed by atoms with Crippen LogP contribution >= 0.6 is 0 Å². The molecule has 1 aliphatic heterocycles. The quantitative estimate of drug-likeness (QED) is 0.343. The third kappa shape index (κ3) is 3.65. The maximum Gasteiger partial charge on any atom is 0.508 e. The highest BCUT2D eigenvalue weighted by molar-refractivity contribution is 5.59. The van der Waals surface area contributed by atoms with Gasteiger partial charge in [0.2, 0.25) is 0 Å². The van der Waals surface area contributed by atoms with Crippen LogP contribution in [0.1, 0.15) is 0 Å². The average molecular weight is 264 g/mol. The minimum atomic E-state index is -1.67.